The second kappa shape index (κ2) is 10.2. The number of ether oxygens (including phenoxy) is 1. The average molecular weight is 517 g/mol. The molecule has 1 atom stereocenters. The zero-order chi connectivity index (χ0) is 26.9. The summed E-state index contributed by atoms with van der Waals surface area (Å²) in [5, 5.41) is 0. The molecule has 4 aromatic carbocycles. The van der Waals surface area contributed by atoms with Gasteiger partial charge in [-0.05, 0) is 70.4 Å². The van der Waals surface area contributed by atoms with E-state index < -0.39 is 5.41 Å². The van der Waals surface area contributed by atoms with Gasteiger partial charge in [-0.15, -0.1) is 0 Å². The first-order chi connectivity index (χ1) is 19.7. The Hall–Kier alpha value is -4.62. The molecule has 1 nitrogen and oxygen atoms in total. The van der Waals surface area contributed by atoms with E-state index in [1.54, 1.807) is 0 Å². The minimum Gasteiger partial charge on any atom is -0.457 e. The second-order valence-electron chi connectivity index (χ2n) is 10.9. The Bertz CT molecular complexity index is 1680. The van der Waals surface area contributed by atoms with Crippen molar-refractivity contribution in [1.29, 1.82) is 0 Å². The number of allylic oxidation sites excluding steroid dienone is 10. The van der Waals surface area contributed by atoms with Crippen LogP contribution < -0.4 is 4.74 Å². The minimum atomic E-state index is -0.450. The molecule has 7 rings (SSSR count). The van der Waals surface area contributed by atoms with E-state index in [1.807, 2.05) is 0 Å². The highest BCUT2D eigenvalue weighted by Crippen LogP contribution is 2.57. The van der Waals surface area contributed by atoms with Crippen LogP contribution in [0.3, 0.4) is 0 Å². The minimum absolute atomic E-state index is 0.391. The lowest BCUT2D eigenvalue weighted by atomic mass is 9.59. The summed E-state index contributed by atoms with van der Waals surface area (Å²) in [5.41, 5.74) is 9.65. The molecule has 2 aliphatic carbocycles. The van der Waals surface area contributed by atoms with Crippen LogP contribution in [0.4, 0.5) is 0 Å². The molecule has 40 heavy (non-hydrogen) atoms. The summed E-state index contributed by atoms with van der Waals surface area (Å²) in [7, 11) is 0. The van der Waals surface area contributed by atoms with Crippen LogP contribution in [0.15, 0.2) is 151 Å². The lowest BCUT2D eigenvalue weighted by Gasteiger charge is -2.45. The predicted molar refractivity (Wildman–Crippen MR) is 166 cm³/mol. The fourth-order valence-corrected chi connectivity index (χ4v) is 6.64. The summed E-state index contributed by atoms with van der Waals surface area (Å²) in [6, 6.07) is 37.0. The van der Waals surface area contributed by atoms with Gasteiger partial charge in [-0.1, -0.05) is 134 Å². The maximum atomic E-state index is 6.52. The summed E-state index contributed by atoms with van der Waals surface area (Å²) in [5.74, 6) is 2.25. The van der Waals surface area contributed by atoms with Gasteiger partial charge in [0.1, 0.15) is 11.5 Å². The molecule has 1 aliphatic heterocycles. The Labute approximate surface area is 237 Å². The standard InChI is InChI=1S/C39H32O/c1-28-13-5-6-20-34(28)39(35-21-7-9-23-37(35)40-38-24-10-8-22-36(38)39)33-19-12-18-32(27-33)31-17-11-16-30(25-26-31)29-14-3-2-4-15-29/h2-10,12,14-28H,11,13H2,1H3. The summed E-state index contributed by atoms with van der Waals surface area (Å²) < 4.78 is 6.52. The van der Waals surface area contributed by atoms with Crippen LogP contribution in [0.1, 0.15) is 47.6 Å². The molecular weight excluding hydrogens is 484 g/mol. The van der Waals surface area contributed by atoms with Crippen LogP contribution >= 0.6 is 0 Å². The Kier molecular flexibility index (Phi) is 6.21. The fraction of sp³-hybridized carbons (Fsp3) is 0.128. The van der Waals surface area contributed by atoms with E-state index in [4.69, 9.17) is 4.74 Å². The highest BCUT2D eigenvalue weighted by Gasteiger charge is 2.47. The third-order valence-corrected chi connectivity index (χ3v) is 8.52. The normalized spacial score (nSPS) is 18.8. The molecule has 1 heteroatoms. The number of fused-ring (bicyclic) bond motifs is 2. The molecule has 0 N–H and O–H groups in total. The van der Waals surface area contributed by atoms with Crippen LogP contribution in [-0.2, 0) is 5.41 Å². The third-order valence-electron chi connectivity index (χ3n) is 8.52. The first-order valence-corrected chi connectivity index (χ1v) is 14.2. The van der Waals surface area contributed by atoms with Crippen LogP contribution in [0, 0.1) is 5.92 Å². The number of rotatable bonds is 4. The number of para-hydroxylation sites is 2. The van der Waals surface area contributed by atoms with Gasteiger partial charge in [0, 0.05) is 11.1 Å². The second-order valence-corrected chi connectivity index (χ2v) is 10.9. The summed E-state index contributed by atoms with van der Waals surface area (Å²) in [6.45, 7) is 2.36. The van der Waals surface area contributed by atoms with Gasteiger partial charge in [-0.25, -0.2) is 0 Å². The van der Waals surface area contributed by atoms with Gasteiger partial charge >= 0.3 is 0 Å². The molecule has 194 valence electrons. The lowest BCUT2D eigenvalue weighted by molar-refractivity contribution is 0.421. The average Bonchev–Trinajstić information content (AvgIpc) is 3.28. The molecule has 4 aromatic rings. The summed E-state index contributed by atoms with van der Waals surface area (Å²) >= 11 is 0. The van der Waals surface area contributed by atoms with Gasteiger partial charge in [-0.2, -0.15) is 0 Å². The maximum Gasteiger partial charge on any atom is 0.132 e. The molecule has 1 heterocycles. The van der Waals surface area contributed by atoms with E-state index in [0.717, 1.165) is 24.3 Å². The largest absolute Gasteiger partial charge is 0.457 e. The van der Waals surface area contributed by atoms with E-state index in [0.29, 0.717) is 5.92 Å². The number of hydrogen-bond donors (Lipinski definition) is 0. The zero-order valence-corrected chi connectivity index (χ0v) is 22.8. The third kappa shape index (κ3) is 4.01. The van der Waals surface area contributed by atoms with Crippen molar-refractivity contribution >= 4 is 11.1 Å². The van der Waals surface area contributed by atoms with Crippen molar-refractivity contribution in [1.82, 2.24) is 0 Å². The Balaban J connectivity index is 1.41. The van der Waals surface area contributed by atoms with Crippen molar-refractivity contribution in [2.45, 2.75) is 25.2 Å². The van der Waals surface area contributed by atoms with Crippen molar-refractivity contribution in [3.63, 3.8) is 0 Å². The molecule has 0 amide bonds. The van der Waals surface area contributed by atoms with Crippen LogP contribution in [-0.4, -0.2) is 0 Å². The molecule has 0 saturated heterocycles. The SMILES string of the molecule is CC1CC=CC=C1C1(c2cccc(C3=CCC=C(c4ccccc4)C=C3)c2)c2ccccc2Oc2ccccc21. The van der Waals surface area contributed by atoms with Crippen molar-refractivity contribution in [2.75, 3.05) is 0 Å². The number of benzene rings is 4. The van der Waals surface area contributed by atoms with Crippen LogP contribution in [0.25, 0.3) is 11.1 Å². The molecule has 0 bridgehead atoms. The monoisotopic (exact) mass is 516 g/mol. The molecule has 1 unspecified atom stereocenters. The van der Waals surface area contributed by atoms with Crippen LogP contribution in [0.5, 0.6) is 11.5 Å². The highest BCUT2D eigenvalue weighted by atomic mass is 16.5. The van der Waals surface area contributed by atoms with Gasteiger partial charge < -0.3 is 4.74 Å². The molecule has 0 saturated carbocycles. The molecule has 0 spiro atoms. The molecule has 0 radical (unpaired) electrons. The van der Waals surface area contributed by atoms with E-state index >= 15 is 0 Å². The van der Waals surface area contributed by atoms with Gasteiger partial charge in [0.05, 0.1) is 5.41 Å². The quantitative estimate of drug-likeness (QED) is 0.262. The Morgan fingerprint density at radius 2 is 1.30 bits per heavy atom. The van der Waals surface area contributed by atoms with Gasteiger partial charge in [0.2, 0.25) is 0 Å². The lowest BCUT2D eigenvalue weighted by Crippen LogP contribution is -2.37. The smallest absolute Gasteiger partial charge is 0.132 e. The van der Waals surface area contributed by atoms with Crippen molar-refractivity contribution < 1.29 is 4.74 Å². The predicted octanol–water partition coefficient (Wildman–Crippen LogP) is 10.1. The Morgan fingerprint density at radius 1 is 0.675 bits per heavy atom. The van der Waals surface area contributed by atoms with Gasteiger partial charge in [0.25, 0.3) is 0 Å². The molecular formula is C39H32O. The first-order valence-electron chi connectivity index (χ1n) is 14.2. The van der Waals surface area contributed by atoms with E-state index in [9.17, 15) is 0 Å². The summed E-state index contributed by atoms with van der Waals surface area (Å²) in [6.07, 6.45) is 18.0. The van der Waals surface area contributed by atoms with Gasteiger partial charge in [-0.3, -0.25) is 0 Å². The zero-order valence-electron chi connectivity index (χ0n) is 22.8. The maximum absolute atomic E-state index is 6.52. The molecule has 0 fully saturated rings. The van der Waals surface area contributed by atoms with Crippen molar-refractivity contribution in [3.05, 3.63) is 179 Å². The fourth-order valence-electron chi connectivity index (χ4n) is 6.64. The summed E-state index contributed by atoms with van der Waals surface area (Å²) in [4.78, 5) is 0. The van der Waals surface area contributed by atoms with Crippen LogP contribution in [0.2, 0.25) is 0 Å². The highest BCUT2D eigenvalue weighted by molar-refractivity contribution is 5.84. The molecule has 0 aromatic heterocycles. The van der Waals surface area contributed by atoms with E-state index in [2.05, 4.69) is 153 Å². The number of hydrogen-bond acceptors (Lipinski definition) is 1. The first kappa shape index (κ1) is 24.4. The van der Waals surface area contributed by atoms with E-state index in [-0.39, 0.29) is 0 Å². The topological polar surface area (TPSA) is 9.23 Å². The van der Waals surface area contributed by atoms with Crippen molar-refractivity contribution in [2.24, 2.45) is 5.92 Å². The van der Waals surface area contributed by atoms with E-state index in [1.165, 1.54) is 44.5 Å². The molecule has 3 aliphatic rings. The van der Waals surface area contributed by atoms with Crippen molar-refractivity contribution in [3.8, 4) is 11.5 Å². The van der Waals surface area contributed by atoms with Gasteiger partial charge in [0.15, 0.2) is 0 Å². The Morgan fingerprint density at radius 3 is 2.00 bits per heavy atom.